The fourth-order valence-electron chi connectivity index (χ4n) is 2.42. The van der Waals surface area contributed by atoms with E-state index in [-0.39, 0.29) is 49.4 Å². The molecular formula is C17H22N2O7. The number of carbonyl (C=O) groups excluding carboxylic acids is 4. The smallest absolute Gasteiger partial charge is 0.253 e. The third-order valence-corrected chi connectivity index (χ3v) is 3.75. The minimum Gasteiger partial charge on any atom is -0.377 e. The zero-order valence-electron chi connectivity index (χ0n) is 14.6. The summed E-state index contributed by atoms with van der Waals surface area (Å²) >= 11 is 0. The predicted octanol–water partition coefficient (Wildman–Crippen LogP) is -0.725. The van der Waals surface area contributed by atoms with E-state index in [4.69, 9.17) is 14.2 Å². The van der Waals surface area contributed by atoms with Gasteiger partial charge in [-0.3, -0.25) is 29.0 Å². The second kappa shape index (κ2) is 9.95. The molecule has 2 aliphatic rings. The van der Waals surface area contributed by atoms with Crippen molar-refractivity contribution in [2.24, 2.45) is 0 Å². The topological polar surface area (TPSA) is 102 Å². The highest BCUT2D eigenvalue weighted by Gasteiger charge is 2.28. The van der Waals surface area contributed by atoms with E-state index in [1.165, 1.54) is 24.3 Å². The molecule has 2 aliphatic heterocycles. The Morgan fingerprint density at radius 3 is 1.77 bits per heavy atom. The minimum absolute atomic E-state index is 0.217. The van der Waals surface area contributed by atoms with Gasteiger partial charge in [-0.05, 0) is 6.92 Å². The number of carbonyl (C=O) groups is 4. The van der Waals surface area contributed by atoms with Crippen molar-refractivity contribution in [2.45, 2.75) is 13.0 Å². The first-order valence-corrected chi connectivity index (χ1v) is 8.32. The van der Waals surface area contributed by atoms with Crippen molar-refractivity contribution in [1.82, 2.24) is 9.80 Å². The minimum atomic E-state index is -0.334. The normalized spacial score (nSPS) is 17.9. The third-order valence-electron chi connectivity index (χ3n) is 3.75. The lowest BCUT2D eigenvalue weighted by Crippen LogP contribution is -2.41. The van der Waals surface area contributed by atoms with E-state index in [1.54, 1.807) is 6.92 Å². The van der Waals surface area contributed by atoms with Gasteiger partial charge >= 0.3 is 0 Å². The second-order valence-electron chi connectivity index (χ2n) is 5.69. The molecule has 0 bridgehead atoms. The number of imide groups is 2. The molecule has 2 rings (SSSR count). The van der Waals surface area contributed by atoms with Crippen LogP contribution in [0.4, 0.5) is 0 Å². The van der Waals surface area contributed by atoms with E-state index in [0.717, 1.165) is 9.80 Å². The van der Waals surface area contributed by atoms with Crippen molar-refractivity contribution >= 4 is 23.6 Å². The third kappa shape index (κ3) is 5.58. The summed E-state index contributed by atoms with van der Waals surface area (Å²) in [6.45, 7) is 3.82. The van der Waals surface area contributed by atoms with Crippen molar-refractivity contribution in [3.8, 4) is 0 Å². The Bertz CT molecular complexity index is 578. The summed E-state index contributed by atoms with van der Waals surface area (Å²) in [5.74, 6) is -1.30. The first-order chi connectivity index (χ1) is 12.5. The van der Waals surface area contributed by atoms with Crippen LogP contribution in [0.1, 0.15) is 6.92 Å². The maximum atomic E-state index is 11.5. The number of amides is 4. The van der Waals surface area contributed by atoms with Gasteiger partial charge in [0.05, 0.1) is 52.2 Å². The predicted molar refractivity (Wildman–Crippen MR) is 88.8 cm³/mol. The highest BCUT2D eigenvalue weighted by Crippen LogP contribution is 2.09. The number of ether oxygens (including phenoxy) is 3. The lowest BCUT2D eigenvalue weighted by atomic mass is 10.3. The van der Waals surface area contributed by atoms with Crippen LogP contribution < -0.4 is 0 Å². The molecule has 0 aromatic rings. The van der Waals surface area contributed by atoms with Crippen LogP contribution in [0.2, 0.25) is 0 Å². The summed E-state index contributed by atoms with van der Waals surface area (Å²) in [7, 11) is 0. The largest absolute Gasteiger partial charge is 0.377 e. The maximum absolute atomic E-state index is 11.5. The number of hydrogen-bond acceptors (Lipinski definition) is 7. The molecule has 9 nitrogen and oxygen atoms in total. The Labute approximate surface area is 151 Å². The van der Waals surface area contributed by atoms with Gasteiger partial charge in [0, 0.05) is 24.3 Å². The molecule has 0 spiro atoms. The summed E-state index contributed by atoms with van der Waals surface area (Å²) in [5.41, 5.74) is 0. The molecule has 0 fully saturated rings. The van der Waals surface area contributed by atoms with E-state index in [2.05, 4.69) is 0 Å². The molecular weight excluding hydrogens is 344 g/mol. The van der Waals surface area contributed by atoms with Gasteiger partial charge in [0.1, 0.15) is 0 Å². The lowest BCUT2D eigenvalue weighted by Gasteiger charge is -2.22. The van der Waals surface area contributed by atoms with E-state index in [0.29, 0.717) is 26.4 Å². The number of hydrogen-bond donors (Lipinski definition) is 0. The molecule has 1 unspecified atom stereocenters. The van der Waals surface area contributed by atoms with Crippen LogP contribution in [-0.2, 0) is 33.4 Å². The quantitative estimate of drug-likeness (QED) is 0.332. The molecule has 0 radical (unpaired) electrons. The molecule has 26 heavy (non-hydrogen) atoms. The van der Waals surface area contributed by atoms with Crippen LogP contribution in [0, 0.1) is 0 Å². The Morgan fingerprint density at radius 1 is 0.731 bits per heavy atom. The summed E-state index contributed by atoms with van der Waals surface area (Å²) in [6.07, 6.45) is 4.96. The first kappa shape index (κ1) is 20.0. The van der Waals surface area contributed by atoms with Gasteiger partial charge in [-0.25, -0.2) is 0 Å². The van der Waals surface area contributed by atoms with Gasteiger partial charge in [-0.2, -0.15) is 0 Å². The standard InChI is InChI=1S/C17H22N2O7/c1-13(19-16(22)4-5-17(19)23)12-26-11-10-25-9-8-24-7-6-18-14(20)2-3-15(18)21/h2-5,13H,6-12H2,1H3. The molecule has 9 heteroatoms. The SMILES string of the molecule is CC(COCCOCCOCCN1C(=O)C=CC1=O)N1C(=O)C=CC1=O. The summed E-state index contributed by atoms with van der Waals surface area (Å²) in [5, 5.41) is 0. The lowest BCUT2D eigenvalue weighted by molar-refractivity contribution is -0.141. The van der Waals surface area contributed by atoms with Gasteiger partial charge in [0.15, 0.2) is 0 Å². The molecule has 4 amide bonds. The van der Waals surface area contributed by atoms with Crippen molar-refractivity contribution in [2.75, 3.05) is 46.2 Å². The molecule has 0 saturated heterocycles. The van der Waals surface area contributed by atoms with Gasteiger partial charge < -0.3 is 14.2 Å². The van der Waals surface area contributed by atoms with Crippen molar-refractivity contribution in [1.29, 1.82) is 0 Å². The Kier molecular flexibility index (Phi) is 7.64. The molecule has 0 aliphatic carbocycles. The van der Waals surface area contributed by atoms with Gasteiger partial charge in [0.2, 0.25) is 0 Å². The Balaban J connectivity index is 1.41. The highest BCUT2D eigenvalue weighted by molar-refractivity contribution is 6.13. The summed E-state index contributed by atoms with van der Waals surface area (Å²) < 4.78 is 16.0. The fourth-order valence-corrected chi connectivity index (χ4v) is 2.42. The zero-order valence-corrected chi connectivity index (χ0v) is 14.6. The van der Waals surface area contributed by atoms with E-state index in [9.17, 15) is 19.2 Å². The zero-order chi connectivity index (χ0) is 18.9. The Morgan fingerprint density at radius 2 is 1.19 bits per heavy atom. The monoisotopic (exact) mass is 366 g/mol. The van der Waals surface area contributed by atoms with Crippen LogP contribution in [0.25, 0.3) is 0 Å². The van der Waals surface area contributed by atoms with Crippen molar-refractivity contribution < 1.29 is 33.4 Å². The molecule has 0 aromatic heterocycles. The number of rotatable bonds is 12. The molecule has 0 aromatic carbocycles. The number of nitrogens with zero attached hydrogens (tertiary/aromatic N) is 2. The molecule has 142 valence electrons. The van der Waals surface area contributed by atoms with Crippen LogP contribution in [-0.4, -0.2) is 85.7 Å². The van der Waals surface area contributed by atoms with Gasteiger partial charge in [-0.1, -0.05) is 0 Å². The average molecular weight is 366 g/mol. The summed E-state index contributed by atoms with van der Waals surface area (Å²) in [4.78, 5) is 47.8. The van der Waals surface area contributed by atoms with Gasteiger partial charge in [-0.15, -0.1) is 0 Å². The average Bonchev–Trinajstić information content (AvgIpc) is 3.11. The molecule has 0 saturated carbocycles. The molecule has 1 atom stereocenters. The molecule has 2 heterocycles. The van der Waals surface area contributed by atoms with Gasteiger partial charge in [0.25, 0.3) is 23.6 Å². The maximum Gasteiger partial charge on any atom is 0.253 e. The fraction of sp³-hybridized carbons (Fsp3) is 0.529. The Hall–Kier alpha value is -2.36. The molecule has 0 N–H and O–H groups in total. The van der Waals surface area contributed by atoms with Crippen LogP contribution in [0.5, 0.6) is 0 Å². The van der Waals surface area contributed by atoms with Crippen LogP contribution in [0.15, 0.2) is 24.3 Å². The van der Waals surface area contributed by atoms with Crippen molar-refractivity contribution in [3.05, 3.63) is 24.3 Å². The van der Waals surface area contributed by atoms with E-state index < -0.39 is 0 Å². The summed E-state index contributed by atoms with van der Waals surface area (Å²) in [6, 6.07) is -0.334. The van der Waals surface area contributed by atoms with E-state index in [1.807, 2.05) is 0 Å². The van der Waals surface area contributed by atoms with E-state index >= 15 is 0 Å². The second-order valence-corrected chi connectivity index (χ2v) is 5.69. The first-order valence-electron chi connectivity index (χ1n) is 8.32. The van der Waals surface area contributed by atoms with Crippen LogP contribution >= 0.6 is 0 Å². The van der Waals surface area contributed by atoms with Crippen molar-refractivity contribution in [3.63, 3.8) is 0 Å². The van der Waals surface area contributed by atoms with Crippen LogP contribution in [0.3, 0.4) is 0 Å². The highest BCUT2D eigenvalue weighted by atomic mass is 16.5.